The van der Waals surface area contributed by atoms with Gasteiger partial charge in [0.05, 0.1) is 23.5 Å². The Morgan fingerprint density at radius 1 is 1.26 bits per heavy atom. The number of aromatic nitrogens is 4. The monoisotopic (exact) mass is 365 g/mol. The van der Waals surface area contributed by atoms with Crippen molar-refractivity contribution in [3.8, 4) is 0 Å². The molecular weight excluding hydrogens is 357 g/mol. The average Bonchev–Trinajstić information content (AvgIpc) is 2.85. The summed E-state index contributed by atoms with van der Waals surface area (Å²) in [6, 6.07) is 3.63. The fourth-order valence-electron chi connectivity index (χ4n) is 1.64. The molecule has 3 aromatic rings. The molecule has 3 aromatic heterocycles. The number of nitrogens with zero attached hydrogens (tertiary/aromatic N) is 4. The molecule has 0 aliphatic heterocycles. The number of rotatable bonds is 2. The first kappa shape index (κ1) is 12.0. The Kier molecular flexibility index (Phi) is 3.11. The van der Waals surface area contributed by atoms with E-state index in [-0.39, 0.29) is 5.91 Å². The normalized spacial score (nSPS) is 10.6. The fraction of sp³-hybridized carbons (Fsp3) is 0. The van der Waals surface area contributed by atoms with E-state index in [2.05, 4.69) is 43.0 Å². The lowest BCUT2D eigenvalue weighted by Crippen LogP contribution is -2.12. The first-order chi connectivity index (χ1) is 9.24. The summed E-state index contributed by atoms with van der Waals surface area (Å²) in [5, 5.41) is 6.82. The quantitative estimate of drug-likeness (QED) is 0.705. The summed E-state index contributed by atoms with van der Waals surface area (Å²) in [7, 11) is 0. The zero-order valence-corrected chi connectivity index (χ0v) is 11.8. The fourth-order valence-corrected chi connectivity index (χ4v) is 1.96. The third kappa shape index (κ3) is 2.41. The van der Waals surface area contributed by atoms with Crippen molar-refractivity contribution < 1.29 is 4.79 Å². The van der Waals surface area contributed by atoms with Gasteiger partial charge in [-0.3, -0.25) is 9.78 Å². The van der Waals surface area contributed by atoms with Gasteiger partial charge in [-0.2, -0.15) is 5.10 Å². The van der Waals surface area contributed by atoms with E-state index in [0.717, 1.165) is 3.57 Å². The molecule has 3 heterocycles. The molecule has 19 heavy (non-hydrogen) atoms. The second kappa shape index (κ2) is 4.92. The lowest BCUT2D eigenvalue weighted by molar-refractivity contribution is 0.102. The van der Waals surface area contributed by atoms with Crippen molar-refractivity contribution in [2.24, 2.45) is 0 Å². The Morgan fingerprint density at radius 3 is 2.95 bits per heavy atom. The molecule has 0 aliphatic carbocycles. The molecule has 0 spiro atoms. The molecular formula is C12H8IN5O. The van der Waals surface area contributed by atoms with E-state index in [9.17, 15) is 4.79 Å². The maximum Gasteiger partial charge on any atom is 0.260 e. The summed E-state index contributed by atoms with van der Waals surface area (Å²) >= 11 is 2.16. The maximum absolute atomic E-state index is 12.1. The summed E-state index contributed by atoms with van der Waals surface area (Å²) in [6.07, 6.45) is 8.10. The number of carbonyl (C=O) groups excluding carboxylic acids is 1. The molecule has 1 N–H and O–H groups in total. The zero-order valence-electron chi connectivity index (χ0n) is 9.62. The van der Waals surface area contributed by atoms with E-state index in [1.807, 2.05) is 6.07 Å². The smallest absolute Gasteiger partial charge is 0.260 e. The minimum absolute atomic E-state index is 0.253. The molecule has 0 bridgehead atoms. The Bertz CT molecular complexity index is 737. The predicted octanol–water partition coefficient (Wildman–Crippen LogP) is 1.98. The SMILES string of the molecule is O=C(Nc1ccc(I)cn1)c1cnn2ccncc12. The van der Waals surface area contributed by atoms with E-state index in [0.29, 0.717) is 16.9 Å². The molecule has 0 aliphatic rings. The van der Waals surface area contributed by atoms with E-state index < -0.39 is 0 Å². The number of amides is 1. The molecule has 0 unspecified atom stereocenters. The molecule has 0 atom stereocenters. The van der Waals surface area contributed by atoms with E-state index in [1.165, 1.54) is 6.20 Å². The van der Waals surface area contributed by atoms with E-state index in [1.54, 1.807) is 35.4 Å². The summed E-state index contributed by atoms with van der Waals surface area (Å²) in [4.78, 5) is 20.3. The standard InChI is InChI=1S/C12H8IN5O/c13-8-1-2-11(15-5-8)17-12(19)9-6-16-18-4-3-14-7-10(9)18/h1-7H,(H,15,17,19). The van der Waals surface area contributed by atoms with Crippen molar-refractivity contribution in [2.75, 3.05) is 5.32 Å². The summed E-state index contributed by atoms with van der Waals surface area (Å²) < 4.78 is 2.61. The number of nitrogens with one attached hydrogen (secondary N) is 1. The van der Waals surface area contributed by atoms with Gasteiger partial charge in [0.1, 0.15) is 5.82 Å². The Balaban J connectivity index is 1.90. The van der Waals surface area contributed by atoms with Crippen LogP contribution in [0.3, 0.4) is 0 Å². The van der Waals surface area contributed by atoms with Crippen molar-refractivity contribution in [1.82, 2.24) is 19.6 Å². The van der Waals surface area contributed by atoms with Crippen LogP contribution in [0.2, 0.25) is 0 Å². The highest BCUT2D eigenvalue weighted by Gasteiger charge is 2.13. The zero-order chi connectivity index (χ0) is 13.2. The van der Waals surface area contributed by atoms with Gasteiger partial charge in [-0.15, -0.1) is 0 Å². The minimum atomic E-state index is -0.253. The summed E-state index contributed by atoms with van der Waals surface area (Å²) in [6.45, 7) is 0. The third-order valence-corrected chi connectivity index (χ3v) is 3.18. The predicted molar refractivity (Wildman–Crippen MR) is 77.9 cm³/mol. The van der Waals surface area contributed by atoms with Crippen LogP contribution in [0.1, 0.15) is 10.4 Å². The van der Waals surface area contributed by atoms with Crippen LogP contribution in [0.4, 0.5) is 5.82 Å². The Hall–Kier alpha value is -2.03. The number of fused-ring (bicyclic) bond motifs is 1. The number of halogens is 1. The first-order valence-electron chi connectivity index (χ1n) is 5.44. The number of hydrogen-bond acceptors (Lipinski definition) is 4. The number of anilines is 1. The first-order valence-corrected chi connectivity index (χ1v) is 6.52. The lowest BCUT2D eigenvalue weighted by atomic mass is 10.3. The second-order valence-corrected chi connectivity index (χ2v) is 5.03. The van der Waals surface area contributed by atoms with Crippen LogP contribution in [-0.2, 0) is 0 Å². The van der Waals surface area contributed by atoms with Crippen molar-refractivity contribution in [3.05, 3.63) is 52.3 Å². The largest absolute Gasteiger partial charge is 0.306 e. The molecule has 7 heteroatoms. The van der Waals surface area contributed by atoms with Crippen LogP contribution in [-0.4, -0.2) is 25.5 Å². The Morgan fingerprint density at radius 2 is 2.16 bits per heavy atom. The van der Waals surface area contributed by atoms with Crippen molar-refractivity contribution in [2.45, 2.75) is 0 Å². The molecule has 1 amide bonds. The highest BCUT2D eigenvalue weighted by Crippen LogP contribution is 2.12. The molecule has 0 saturated heterocycles. The van der Waals surface area contributed by atoms with Gasteiger partial charge in [-0.05, 0) is 34.7 Å². The van der Waals surface area contributed by atoms with Crippen LogP contribution in [0, 0.1) is 3.57 Å². The number of hydrogen-bond donors (Lipinski definition) is 1. The minimum Gasteiger partial charge on any atom is -0.306 e. The van der Waals surface area contributed by atoms with E-state index in [4.69, 9.17) is 0 Å². The molecule has 0 saturated carbocycles. The topological polar surface area (TPSA) is 72.2 Å². The van der Waals surface area contributed by atoms with Crippen LogP contribution in [0.5, 0.6) is 0 Å². The Labute approximate surface area is 122 Å². The van der Waals surface area contributed by atoms with Crippen LogP contribution in [0.25, 0.3) is 5.52 Å². The number of carbonyl (C=O) groups is 1. The van der Waals surface area contributed by atoms with Gasteiger partial charge < -0.3 is 5.32 Å². The third-order valence-electron chi connectivity index (χ3n) is 2.54. The molecule has 6 nitrogen and oxygen atoms in total. The maximum atomic E-state index is 12.1. The van der Waals surface area contributed by atoms with Crippen molar-refractivity contribution >= 4 is 39.8 Å². The molecule has 0 radical (unpaired) electrons. The molecule has 94 valence electrons. The highest BCUT2D eigenvalue weighted by molar-refractivity contribution is 14.1. The average molecular weight is 365 g/mol. The van der Waals surface area contributed by atoms with Crippen LogP contribution < -0.4 is 5.32 Å². The number of pyridine rings is 1. The van der Waals surface area contributed by atoms with Crippen molar-refractivity contribution in [3.63, 3.8) is 0 Å². The molecule has 3 rings (SSSR count). The van der Waals surface area contributed by atoms with Gasteiger partial charge in [0.2, 0.25) is 0 Å². The molecule has 0 aromatic carbocycles. The van der Waals surface area contributed by atoms with Crippen LogP contribution in [0.15, 0.2) is 43.1 Å². The van der Waals surface area contributed by atoms with Gasteiger partial charge in [-0.25, -0.2) is 9.50 Å². The summed E-state index contributed by atoms with van der Waals surface area (Å²) in [5.74, 6) is 0.255. The summed E-state index contributed by atoms with van der Waals surface area (Å²) in [5.41, 5.74) is 1.12. The van der Waals surface area contributed by atoms with Gasteiger partial charge in [-0.1, -0.05) is 0 Å². The van der Waals surface area contributed by atoms with Crippen molar-refractivity contribution in [1.29, 1.82) is 0 Å². The van der Waals surface area contributed by atoms with E-state index >= 15 is 0 Å². The van der Waals surface area contributed by atoms with Crippen LogP contribution >= 0.6 is 22.6 Å². The lowest BCUT2D eigenvalue weighted by Gasteiger charge is -2.02. The van der Waals surface area contributed by atoms with Gasteiger partial charge in [0.25, 0.3) is 5.91 Å². The van der Waals surface area contributed by atoms with Gasteiger partial charge in [0.15, 0.2) is 0 Å². The van der Waals surface area contributed by atoms with Gasteiger partial charge >= 0.3 is 0 Å². The molecule has 0 fully saturated rings. The second-order valence-electron chi connectivity index (χ2n) is 3.78. The highest BCUT2D eigenvalue weighted by atomic mass is 127. The van der Waals surface area contributed by atoms with Gasteiger partial charge in [0, 0.05) is 22.2 Å².